The third-order valence-electron chi connectivity index (χ3n) is 3.34. The Balaban J connectivity index is 1.90. The summed E-state index contributed by atoms with van der Waals surface area (Å²) in [7, 11) is 1.85. The number of rotatable bonds is 5. The molecule has 0 saturated carbocycles. The average molecular weight is 263 g/mol. The van der Waals surface area contributed by atoms with E-state index in [0.29, 0.717) is 24.9 Å². The van der Waals surface area contributed by atoms with Crippen molar-refractivity contribution in [2.45, 2.75) is 32.4 Å². The molecule has 5 nitrogen and oxygen atoms in total. The monoisotopic (exact) mass is 263 g/mol. The molecule has 0 bridgehead atoms. The topological polar surface area (TPSA) is 54.5 Å². The lowest BCUT2D eigenvalue weighted by Gasteiger charge is -2.30. The summed E-state index contributed by atoms with van der Waals surface area (Å²) in [5, 5.41) is 3.47. The van der Waals surface area contributed by atoms with Gasteiger partial charge in [-0.15, -0.1) is 0 Å². The number of likely N-dealkylation sites (N-methyl/N-ethyl adjacent to an activating group) is 1. The summed E-state index contributed by atoms with van der Waals surface area (Å²) in [4.78, 5) is 17.4. The van der Waals surface area contributed by atoms with Crippen LogP contribution >= 0.6 is 0 Å². The molecule has 1 amide bonds. The van der Waals surface area contributed by atoms with Gasteiger partial charge in [0.25, 0.3) is 0 Å². The summed E-state index contributed by atoms with van der Waals surface area (Å²) >= 11 is 0. The number of hydrogen-bond acceptors (Lipinski definition) is 4. The maximum Gasteiger partial charge on any atom is 0.222 e. The molecular formula is C14H21N3O2. The van der Waals surface area contributed by atoms with E-state index >= 15 is 0 Å². The van der Waals surface area contributed by atoms with Gasteiger partial charge in [-0.05, 0) is 19.4 Å². The van der Waals surface area contributed by atoms with E-state index in [1.807, 2.05) is 26.1 Å². The Kier molecular flexibility index (Phi) is 4.74. The van der Waals surface area contributed by atoms with E-state index < -0.39 is 0 Å². The highest BCUT2D eigenvalue weighted by Crippen LogP contribution is 2.15. The van der Waals surface area contributed by atoms with Crippen molar-refractivity contribution in [3.8, 4) is 5.88 Å². The molecule has 1 atom stereocenters. The number of carbonyl (C=O) groups is 1. The van der Waals surface area contributed by atoms with Crippen LogP contribution in [0, 0.1) is 0 Å². The van der Waals surface area contributed by atoms with Gasteiger partial charge in [0, 0.05) is 44.4 Å². The summed E-state index contributed by atoms with van der Waals surface area (Å²) in [5.41, 5.74) is 1.06. The third kappa shape index (κ3) is 3.67. The molecule has 1 unspecified atom stereocenters. The second-order valence-electron chi connectivity index (χ2n) is 4.79. The highest BCUT2D eigenvalue weighted by atomic mass is 16.5. The minimum absolute atomic E-state index is 0.231. The molecular weight excluding hydrogens is 242 g/mol. The van der Waals surface area contributed by atoms with Crippen LogP contribution in [0.3, 0.4) is 0 Å². The fraction of sp³-hybridized carbons (Fsp3) is 0.571. The first-order valence-electron chi connectivity index (χ1n) is 6.74. The van der Waals surface area contributed by atoms with Crippen LogP contribution in [0.25, 0.3) is 0 Å². The predicted molar refractivity (Wildman–Crippen MR) is 72.9 cm³/mol. The van der Waals surface area contributed by atoms with Crippen molar-refractivity contribution in [3.05, 3.63) is 23.9 Å². The number of hydrogen-bond donors (Lipinski definition) is 1. The number of aromatic nitrogens is 1. The zero-order valence-electron chi connectivity index (χ0n) is 11.6. The Labute approximate surface area is 114 Å². The SMILES string of the molecule is CCOc1ncccc1CNC1CCC(=O)N(C)C1. The minimum atomic E-state index is 0.231. The average Bonchev–Trinajstić information content (AvgIpc) is 2.42. The van der Waals surface area contributed by atoms with Crippen molar-refractivity contribution in [2.75, 3.05) is 20.2 Å². The Bertz CT molecular complexity index is 436. The molecule has 1 saturated heterocycles. The largest absolute Gasteiger partial charge is 0.478 e. The van der Waals surface area contributed by atoms with Crippen LogP contribution in [0.15, 0.2) is 18.3 Å². The van der Waals surface area contributed by atoms with Crippen molar-refractivity contribution in [1.29, 1.82) is 0 Å². The van der Waals surface area contributed by atoms with Crippen molar-refractivity contribution in [2.24, 2.45) is 0 Å². The zero-order chi connectivity index (χ0) is 13.7. The van der Waals surface area contributed by atoms with E-state index in [4.69, 9.17) is 4.74 Å². The third-order valence-corrected chi connectivity index (χ3v) is 3.34. The number of likely N-dealkylation sites (tertiary alicyclic amines) is 1. The second-order valence-corrected chi connectivity index (χ2v) is 4.79. The van der Waals surface area contributed by atoms with Crippen LogP contribution < -0.4 is 10.1 Å². The summed E-state index contributed by atoms with van der Waals surface area (Å²) in [6.07, 6.45) is 3.26. The number of nitrogens with one attached hydrogen (secondary N) is 1. The fourth-order valence-electron chi connectivity index (χ4n) is 2.26. The van der Waals surface area contributed by atoms with Crippen LogP contribution in [0.2, 0.25) is 0 Å². The molecule has 19 heavy (non-hydrogen) atoms. The van der Waals surface area contributed by atoms with E-state index in [1.165, 1.54) is 0 Å². The fourth-order valence-corrected chi connectivity index (χ4v) is 2.26. The van der Waals surface area contributed by atoms with E-state index in [2.05, 4.69) is 10.3 Å². The van der Waals surface area contributed by atoms with E-state index in [9.17, 15) is 4.79 Å². The number of amides is 1. The summed E-state index contributed by atoms with van der Waals surface area (Å²) < 4.78 is 5.50. The number of nitrogens with zero attached hydrogens (tertiary/aromatic N) is 2. The number of carbonyl (C=O) groups excluding carboxylic acids is 1. The standard InChI is InChI=1S/C14H21N3O2/c1-3-19-14-11(5-4-8-15-14)9-16-12-6-7-13(18)17(2)10-12/h4-5,8,12,16H,3,6-7,9-10H2,1-2H3. The van der Waals surface area contributed by atoms with E-state index in [0.717, 1.165) is 25.1 Å². The molecule has 104 valence electrons. The van der Waals surface area contributed by atoms with Gasteiger partial charge in [0.2, 0.25) is 11.8 Å². The second kappa shape index (κ2) is 6.52. The molecule has 1 aromatic rings. The molecule has 1 aromatic heterocycles. The van der Waals surface area contributed by atoms with Gasteiger partial charge >= 0.3 is 0 Å². The van der Waals surface area contributed by atoms with Crippen LogP contribution in [0.1, 0.15) is 25.3 Å². The lowest BCUT2D eigenvalue weighted by atomic mass is 10.1. The normalized spacial score (nSPS) is 19.6. The zero-order valence-corrected chi connectivity index (χ0v) is 11.6. The molecule has 0 aromatic carbocycles. The number of ether oxygens (including phenoxy) is 1. The van der Waals surface area contributed by atoms with Crippen molar-refractivity contribution < 1.29 is 9.53 Å². The van der Waals surface area contributed by atoms with Gasteiger partial charge in [0.15, 0.2) is 0 Å². The maximum absolute atomic E-state index is 11.4. The molecule has 5 heteroatoms. The maximum atomic E-state index is 11.4. The summed E-state index contributed by atoms with van der Waals surface area (Å²) in [5.74, 6) is 0.923. The molecule has 2 heterocycles. The summed E-state index contributed by atoms with van der Waals surface area (Å²) in [6.45, 7) is 4.05. The van der Waals surface area contributed by atoms with Gasteiger partial charge in [-0.2, -0.15) is 0 Å². The van der Waals surface area contributed by atoms with Crippen molar-refractivity contribution >= 4 is 5.91 Å². The van der Waals surface area contributed by atoms with Gasteiger partial charge in [0.1, 0.15) is 0 Å². The van der Waals surface area contributed by atoms with Crippen LogP contribution in [-0.2, 0) is 11.3 Å². The van der Waals surface area contributed by atoms with Gasteiger partial charge in [-0.25, -0.2) is 4.98 Å². The van der Waals surface area contributed by atoms with E-state index in [1.54, 1.807) is 11.1 Å². The first-order valence-corrected chi connectivity index (χ1v) is 6.74. The quantitative estimate of drug-likeness (QED) is 0.867. The minimum Gasteiger partial charge on any atom is -0.478 e. The Morgan fingerprint density at radius 1 is 1.58 bits per heavy atom. The highest BCUT2D eigenvalue weighted by molar-refractivity contribution is 5.76. The van der Waals surface area contributed by atoms with E-state index in [-0.39, 0.29) is 5.91 Å². The molecule has 1 fully saturated rings. The molecule has 1 N–H and O–H groups in total. The first kappa shape index (κ1) is 13.8. The van der Waals surface area contributed by atoms with Gasteiger partial charge < -0.3 is 15.0 Å². The van der Waals surface area contributed by atoms with Crippen molar-refractivity contribution in [1.82, 2.24) is 15.2 Å². The lowest BCUT2D eigenvalue weighted by molar-refractivity contribution is -0.132. The lowest BCUT2D eigenvalue weighted by Crippen LogP contribution is -2.46. The van der Waals surface area contributed by atoms with Gasteiger partial charge in [-0.3, -0.25) is 4.79 Å². The highest BCUT2D eigenvalue weighted by Gasteiger charge is 2.22. The Hall–Kier alpha value is -1.62. The first-order chi connectivity index (χ1) is 9.20. The van der Waals surface area contributed by atoms with Crippen LogP contribution in [0.5, 0.6) is 5.88 Å². The molecule has 1 aliphatic heterocycles. The molecule has 1 aliphatic rings. The molecule has 0 spiro atoms. The Morgan fingerprint density at radius 3 is 3.16 bits per heavy atom. The van der Waals surface area contributed by atoms with Gasteiger partial charge in [-0.1, -0.05) is 6.07 Å². The summed E-state index contributed by atoms with van der Waals surface area (Å²) in [6, 6.07) is 4.27. The van der Waals surface area contributed by atoms with Crippen molar-refractivity contribution in [3.63, 3.8) is 0 Å². The molecule has 0 radical (unpaired) electrons. The Morgan fingerprint density at radius 2 is 2.42 bits per heavy atom. The van der Waals surface area contributed by atoms with Crippen LogP contribution in [-0.4, -0.2) is 42.0 Å². The number of pyridine rings is 1. The number of piperidine rings is 1. The smallest absolute Gasteiger partial charge is 0.222 e. The van der Waals surface area contributed by atoms with Crippen LogP contribution in [0.4, 0.5) is 0 Å². The predicted octanol–water partition coefficient (Wildman–Crippen LogP) is 1.19. The van der Waals surface area contributed by atoms with Gasteiger partial charge in [0.05, 0.1) is 6.61 Å². The molecule has 2 rings (SSSR count). The molecule has 0 aliphatic carbocycles.